The van der Waals surface area contributed by atoms with Crippen molar-refractivity contribution in [3.05, 3.63) is 24.3 Å². The topological polar surface area (TPSA) is 40.5 Å². The van der Waals surface area contributed by atoms with Crippen LogP contribution in [0.15, 0.2) is 24.3 Å². The number of para-hydroxylation sites is 2. The number of rotatable bonds is 0. The summed E-state index contributed by atoms with van der Waals surface area (Å²) < 4.78 is 0. The zero-order valence-electron chi connectivity index (χ0n) is 4.52. The molecule has 0 aromatic heterocycles. The molecule has 52 valence electrons. The summed E-state index contributed by atoms with van der Waals surface area (Å²) in [6.07, 6.45) is 0. The summed E-state index contributed by atoms with van der Waals surface area (Å²) in [6.45, 7) is 0. The van der Waals surface area contributed by atoms with Crippen LogP contribution < -0.4 is 0 Å². The van der Waals surface area contributed by atoms with Gasteiger partial charge in [0.1, 0.15) is 0 Å². The number of phenols is 2. The van der Waals surface area contributed by atoms with Gasteiger partial charge in [-0.05, 0) is 12.1 Å². The Labute approximate surface area is 63.1 Å². The molecular weight excluding hydrogens is 163 g/mol. The molecule has 9 heavy (non-hydrogen) atoms. The van der Waals surface area contributed by atoms with Gasteiger partial charge >= 0.3 is 0 Å². The molecule has 0 fully saturated rings. The number of hydrogen-bond donors (Lipinski definition) is 2. The second-order valence-corrected chi connectivity index (χ2v) is 1.49. The van der Waals surface area contributed by atoms with Crippen LogP contribution in [0.4, 0.5) is 0 Å². The maximum Gasteiger partial charge on any atom is 0.157 e. The van der Waals surface area contributed by atoms with E-state index in [1.165, 1.54) is 12.1 Å². The van der Waals surface area contributed by atoms with E-state index >= 15 is 0 Å². The summed E-state index contributed by atoms with van der Waals surface area (Å²) in [5.41, 5.74) is 0. The first kappa shape index (κ1) is 8.31. The van der Waals surface area contributed by atoms with E-state index in [4.69, 9.17) is 10.2 Å². The molecule has 1 aromatic rings. The standard InChI is InChI=1S/C6H6O2.Ni/c7-5-3-1-2-4-6(5)8;/h1-4,7-8H;. The van der Waals surface area contributed by atoms with Crippen molar-refractivity contribution in [3.8, 4) is 11.5 Å². The summed E-state index contributed by atoms with van der Waals surface area (Å²) in [5, 5.41) is 17.3. The van der Waals surface area contributed by atoms with Crippen molar-refractivity contribution in [1.29, 1.82) is 0 Å². The van der Waals surface area contributed by atoms with Crippen LogP contribution >= 0.6 is 0 Å². The number of hydrogen-bond acceptors (Lipinski definition) is 2. The molecule has 0 atom stereocenters. The Balaban J connectivity index is 0.000000640. The largest absolute Gasteiger partial charge is 0.504 e. The fraction of sp³-hybridized carbons (Fsp3) is 0. The molecule has 0 unspecified atom stereocenters. The van der Waals surface area contributed by atoms with E-state index in [0.717, 1.165) is 0 Å². The molecule has 0 saturated heterocycles. The van der Waals surface area contributed by atoms with Crippen molar-refractivity contribution in [3.63, 3.8) is 0 Å². The van der Waals surface area contributed by atoms with Crippen LogP contribution in [0.3, 0.4) is 0 Å². The van der Waals surface area contributed by atoms with Gasteiger partial charge in [0, 0.05) is 16.5 Å². The average Bonchev–Trinajstić information content (AvgIpc) is 1.77. The third-order valence-corrected chi connectivity index (χ3v) is 0.882. The van der Waals surface area contributed by atoms with Gasteiger partial charge in [-0.2, -0.15) is 0 Å². The smallest absolute Gasteiger partial charge is 0.157 e. The van der Waals surface area contributed by atoms with Crippen LogP contribution in [0.5, 0.6) is 11.5 Å². The van der Waals surface area contributed by atoms with E-state index in [2.05, 4.69) is 0 Å². The van der Waals surface area contributed by atoms with E-state index in [1.807, 2.05) is 0 Å². The monoisotopic (exact) mass is 168 g/mol. The first-order valence-corrected chi connectivity index (χ1v) is 2.27. The number of benzene rings is 1. The van der Waals surface area contributed by atoms with Crippen LogP contribution in [-0.4, -0.2) is 10.2 Å². The van der Waals surface area contributed by atoms with E-state index in [0.29, 0.717) is 0 Å². The zero-order valence-corrected chi connectivity index (χ0v) is 5.51. The molecule has 1 rings (SSSR count). The molecule has 0 aliphatic rings. The molecule has 0 amide bonds. The van der Waals surface area contributed by atoms with Gasteiger partial charge in [-0.3, -0.25) is 0 Å². The van der Waals surface area contributed by atoms with Crippen LogP contribution in [-0.2, 0) is 16.5 Å². The van der Waals surface area contributed by atoms with E-state index in [9.17, 15) is 0 Å². The van der Waals surface area contributed by atoms with Gasteiger partial charge in [-0.1, -0.05) is 12.1 Å². The van der Waals surface area contributed by atoms with Gasteiger partial charge in [-0.25, -0.2) is 0 Å². The van der Waals surface area contributed by atoms with Gasteiger partial charge in [0.05, 0.1) is 0 Å². The van der Waals surface area contributed by atoms with E-state index in [1.54, 1.807) is 12.1 Å². The third-order valence-electron chi connectivity index (χ3n) is 0.882. The SMILES string of the molecule is Oc1ccccc1O.[Ni]. The predicted octanol–water partition coefficient (Wildman–Crippen LogP) is 1.10. The van der Waals surface area contributed by atoms with Crippen LogP contribution in [0, 0.1) is 0 Å². The molecule has 0 saturated carbocycles. The Hall–Kier alpha value is -0.686. The Morgan fingerprint density at radius 1 is 0.889 bits per heavy atom. The first-order chi connectivity index (χ1) is 3.80. The Kier molecular flexibility index (Phi) is 3.10. The molecule has 0 heterocycles. The van der Waals surface area contributed by atoms with Crippen molar-refractivity contribution in [1.82, 2.24) is 0 Å². The summed E-state index contributed by atoms with van der Waals surface area (Å²) in [5.74, 6) is -0.153. The number of aromatic hydroxyl groups is 2. The van der Waals surface area contributed by atoms with Crippen molar-refractivity contribution >= 4 is 0 Å². The number of phenolic OH excluding ortho intramolecular Hbond substituents is 2. The fourth-order valence-corrected chi connectivity index (χ4v) is 0.464. The third kappa shape index (κ3) is 1.94. The van der Waals surface area contributed by atoms with E-state index in [-0.39, 0.29) is 28.0 Å². The van der Waals surface area contributed by atoms with Crippen LogP contribution in [0.2, 0.25) is 0 Å². The summed E-state index contributed by atoms with van der Waals surface area (Å²) >= 11 is 0. The van der Waals surface area contributed by atoms with Gasteiger partial charge < -0.3 is 10.2 Å². The average molecular weight is 169 g/mol. The summed E-state index contributed by atoms with van der Waals surface area (Å²) in [6, 6.07) is 6.15. The summed E-state index contributed by atoms with van der Waals surface area (Å²) in [4.78, 5) is 0. The van der Waals surface area contributed by atoms with Gasteiger partial charge in [0.25, 0.3) is 0 Å². The molecule has 0 aliphatic heterocycles. The second kappa shape index (κ2) is 3.36. The predicted molar refractivity (Wildman–Crippen MR) is 29.8 cm³/mol. The van der Waals surface area contributed by atoms with Crippen LogP contribution in [0.1, 0.15) is 0 Å². The van der Waals surface area contributed by atoms with Crippen molar-refractivity contribution in [2.75, 3.05) is 0 Å². The second-order valence-electron chi connectivity index (χ2n) is 1.49. The Bertz CT molecular complexity index is 167. The molecule has 2 nitrogen and oxygen atoms in total. The molecule has 0 spiro atoms. The molecule has 2 N–H and O–H groups in total. The normalized spacial score (nSPS) is 8.00. The van der Waals surface area contributed by atoms with Crippen molar-refractivity contribution in [2.24, 2.45) is 0 Å². The van der Waals surface area contributed by atoms with Gasteiger partial charge in [-0.15, -0.1) is 0 Å². The summed E-state index contributed by atoms with van der Waals surface area (Å²) in [7, 11) is 0. The van der Waals surface area contributed by atoms with E-state index < -0.39 is 0 Å². The molecular formula is C6H6NiO2. The molecule has 0 radical (unpaired) electrons. The Morgan fingerprint density at radius 3 is 1.44 bits per heavy atom. The fourth-order valence-electron chi connectivity index (χ4n) is 0.464. The minimum absolute atomic E-state index is 0. The molecule has 0 bridgehead atoms. The maximum absolute atomic E-state index is 8.67. The Morgan fingerprint density at radius 2 is 1.22 bits per heavy atom. The maximum atomic E-state index is 8.67. The minimum atomic E-state index is -0.0764. The van der Waals surface area contributed by atoms with Crippen LogP contribution in [0.25, 0.3) is 0 Å². The van der Waals surface area contributed by atoms with Gasteiger partial charge in [0.15, 0.2) is 11.5 Å². The quantitative estimate of drug-likeness (QED) is 0.450. The van der Waals surface area contributed by atoms with Gasteiger partial charge in [0.2, 0.25) is 0 Å². The zero-order chi connectivity index (χ0) is 5.98. The minimum Gasteiger partial charge on any atom is -0.504 e. The molecule has 1 aromatic carbocycles. The molecule has 0 aliphatic carbocycles. The molecule has 3 heteroatoms. The van der Waals surface area contributed by atoms with Crippen molar-refractivity contribution < 1.29 is 26.7 Å². The van der Waals surface area contributed by atoms with Crippen molar-refractivity contribution in [2.45, 2.75) is 0 Å². The first-order valence-electron chi connectivity index (χ1n) is 2.27.